The van der Waals surface area contributed by atoms with E-state index in [4.69, 9.17) is 10.6 Å². The monoisotopic (exact) mass is 184 g/mol. The average Bonchev–Trinajstić information content (AvgIpc) is 2.16. The van der Waals surface area contributed by atoms with Crippen molar-refractivity contribution in [2.75, 3.05) is 18.8 Å². The number of hydrogen-bond acceptors (Lipinski definition) is 4. The molecule has 0 aromatic heterocycles. The number of nitrogen functional groups attached to an aromatic ring is 1. The summed E-state index contributed by atoms with van der Waals surface area (Å²) in [7, 11) is 1.62. The minimum absolute atomic E-state index is 0.760. The van der Waals surface area contributed by atoms with Crippen molar-refractivity contribution in [3.8, 4) is 5.75 Å². The van der Waals surface area contributed by atoms with Gasteiger partial charge in [0.1, 0.15) is 5.75 Å². The van der Waals surface area contributed by atoms with Gasteiger partial charge in [-0.1, -0.05) is 0 Å². The zero-order valence-electron chi connectivity index (χ0n) is 7.13. The number of nitrogens with one attached hydrogen (secondary N) is 1. The highest BCUT2D eigenvalue weighted by Crippen LogP contribution is 2.28. The molecule has 0 aliphatic heterocycles. The first kappa shape index (κ1) is 9.22. The Bertz CT molecular complexity index is 265. The van der Waals surface area contributed by atoms with Gasteiger partial charge in [0.25, 0.3) is 0 Å². The Morgan fingerprint density at radius 1 is 1.50 bits per heavy atom. The largest absolute Gasteiger partial charge is 0.495 e. The molecule has 3 nitrogen and oxygen atoms in total. The molecule has 1 aromatic carbocycles. The minimum Gasteiger partial charge on any atom is -0.495 e. The van der Waals surface area contributed by atoms with E-state index >= 15 is 0 Å². The SMILES string of the molecule is COc1ccc(SC)cc1NN. The molecule has 66 valence electrons. The smallest absolute Gasteiger partial charge is 0.143 e. The van der Waals surface area contributed by atoms with Crippen molar-refractivity contribution in [3.05, 3.63) is 18.2 Å². The molecular formula is C8H12N2OS. The van der Waals surface area contributed by atoms with Crippen LogP contribution in [0.15, 0.2) is 23.1 Å². The van der Waals surface area contributed by atoms with E-state index in [9.17, 15) is 0 Å². The van der Waals surface area contributed by atoms with E-state index in [1.807, 2.05) is 24.5 Å². The Labute approximate surface area is 76.3 Å². The number of nitrogens with two attached hydrogens (primary N) is 1. The summed E-state index contributed by atoms with van der Waals surface area (Å²) in [4.78, 5) is 1.16. The average molecular weight is 184 g/mol. The van der Waals surface area contributed by atoms with Crippen LogP contribution in [0.1, 0.15) is 0 Å². The van der Waals surface area contributed by atoms with Crippen molar-refractivity contribution in [3.63, 3.8) is 0 Å². The zero-order chi connectivity index (χ0) is 8.97. The Balaban J connectivity index is 3.02. The van der Waals surface area contributed by atoms with Crippen molar-refractivity contribution in [2.24, 2.45) is 5.84 Å². The van der Waals surface area contributed by atoms with Gasteiger partial charge in [0, 0.05) is 4.90 Å². The van der Waals surface area contributed by atoms with Crippen LogP contribution in [0.4, 0.5) is 5.69 Å². The molecule has 0 aliphatic carbocycles. The molecule has 0 radical (unpaired) electrons. The van der Waals surface area contributed by atoms with E-state index in [1.54, 1.807) is 18.9 Å². The molecular weight excluding hydrogens is 172 g/mol. The van der Waals surface area contributed by atoms with Crippen molar-refractivity contribution in [1.82, 2.24) is 0 Å². The maximum atomic E-state index is 5.31. The first-order valence-corrected chi connectivity index (χ1v) is 4.73. The molecule has 0 saturated carbocycles. The summed E-state index contributed by atoms with van der Waals surface area (Å²) < 4.78 is 5.08. The first-order chi connectivity index (χ1) is 5.81. The number of rotatable bonds is 3. The molecule has 12 heavy (non-hydrogen) atoms. The number of benzene rings is 1. The van der Waals surface area contributed by atoms with Gasteiger partial charge < -0.3 is 10.2 Å². The fraction of sp³-hybridized carbons (Fsp3) is 0.250. The van der Waals surface area contributed by atoms with Gasteiger partial charge in [-0.15, -0.1) is 11.8 Å². The molecule has 1 rings (SSSR count). The second-order valence-corrected chi connectivity index (χ2v) is 3.09. The first-order valence-electron chi connectivity index (χ1n) is 3.50. The van der Waals surface area contributed by atoms with Crippen LogP contribution < -0.4 is 16.0 Å². The van der Waals surface area contributed by atoms with Gasteiger partial charge in [-0.25, -0.2) is 0 Å². The van der Waals surface area contributed by atoms with Crippen molar-refractivity contribution in [2.45, 2.75) is 4.90 Å². The van der Waals surface area contributed by atoms with Crippen LogP contribution in [0.25, 0.3) is 0 Å². The van der Waals surface area contributed by atoms with Gasteiger partial charge in [0.15, 0.2) is 0 Å². The van der Waals surface area contributed by atoms with E-state index in [0.29, 0.717) is 0 Å². The summed E-state index contributed by atoms with van der Waals surface area (Å²) in [6.45, 7) is 0. The lowest BCUT2D eigenvalue weighted by atomic mass is 10.3. The highest BCUT2D eigenvalue weighted by Gasteiger charge is 2.01. The van der Waals surface area contributed by atoms with Gasteiger partial charge in [-0.05, 0) is 24.5 Å². The molecule has 0 spiro atoms. The summed E-state index contributed by atoms with van der Waals surface area (Å²) in [5, 5.41) is 0. The number of thioether (sulfide) groups is 1. The highest BCUT2D eigenvalue weighted by molar-refractivity contribution is 7.98. The number of hydrogen-bond donors (Lipinski definition) is 2. The quantitative estimate of drug-likeness (QED) is 0.426. The van der Waals surface area contributed by atoms with Crippen LogP contribution in [0.3, 0.4) is 0 Å². The van der Waals surface area contributed by atoms with Crippen molar-refractivity contribution >= 4 is 17.4 Å². The fourth-order valence-electron chi connectivity index (χ4n) is 0.927. The normalized spacial score (nSPS) is 9.58. The van der Waals surface area contributed by atoms with E-state index in [0.717, 1.165) is 16.3 Å². The lowest BCUT2D eigenvalue weighted by Crippen LogP contribution is -2.08. The maximum Gasteiger partial charge on any atom is 0.143 e. The minimum atomic E-state index is 0.760. The third-order valence-corrected chi connectivity index (χ3v) is 2.29. The lowest BCUT2D eigenvalue weighted by Gasteiger charge is -2.08. The highest BCUT2D eigenvalue weighted by atomic mass is 32.2. The van der Waals surface area contributed by atoms with Crippen LogP contribution in [0, 0.1) is 0 Å². The zero-order valence-corrected chi connectivity index (χ0v) is 7.94. The van der Waals surface area contributed by atoms with E-state index in [-0.39, 0.29) is 0 Å². The van der Waals surface area contributed by atoms with Crippen LogP contribution >= 0.6 is 11.8 Å². The maximum absolute atomic E-state index is 5.31. The molecule has 0 unspecified atom stereocenters. The van der Waals surface area contributed by atoms with Crippen molar-refractivity contribution in [1.29, 1.82) is 0 Å². The van der Waals surface area contributed by atoms with Gasteiger partial charge in [-0.2, -0.15) is 0 Å². The summed E-state index contributed by atoms with van der Waals surface area (Å²) >= 11 is 1.67. The lowest BCUT2D eigenvalue weighted by molar-refractivity contribution is 0.416. The summed E-state index contributed by atoms with van der Waals surface area (Å²) in [5.74, 6) is 6.07. The second-order valence-electron chi connectivity index (χ2n) is 2.21. The molecule has 0 atom stereocenters. The Hall–Kier alpha value is -0.870. The molecule has 3 N–H and O–H groups in total. The van der Waals surface area contributed by atoms with Gasteiger partial charge in [0.05, 0.1) is 12.8 Å². The van der Waals surface area contributed by atoms with Crippen LogP contribution in [-0.4, -0.2) is 13.4 Å². The van der Waals surface area contributed by atoms with Gasteiger partial charge >= 0.3 is 0 Å². The van der Waals surface area contributed by atoms with Crippen molar-refractivity contribution < 1.29 is 4.74 Å². The molecule has 0 heterocycles. The predicted octanol–water partition coefficient (Wildman–Crippen LogP) is 1.70. The Morgan fingerprint density at radius 3 is 2.75 bits per heavy atom. The number of ether oxygens (including phenoxy) is 1. The number of hydrazine groups is 1. The Morgan fingerprint density at radius 2 is 2.25 bits per heavy atom. The topological polar surface area (TPSA) is 47.3 Å². The summed E-state index contributed by atoms with van der Waals surface area (Å²) in [6.07, 6.45) is 2.02. The van der Waals surface area contributed by atoms with Crippen LogP contribution in [-0.2, 0) is 0 Å². The van der Waals surface area contributed by atoms with Gasteiger partial charge in [0.2, 0.25) is 0 Å². The molecule has 0 aliphatic rings. The predicted molar refractivity (Wildman–Crippen MR) is 52.6 cm³/mol. The van der Waals surface area contributed by atoms with E-state index < -0.39 is 0 Å². The molecule has 1 aromatic rings. The van der Waals surface area contributed by atoms with E-state index in [1.165, 1.54) is 0 Å². The fourth-order valence-corrected chi connectivity index (χ4v) is 1.37. The third-order valence-electron chi connectivity index (χ3n) is 1.56. The third kappa shape index (κ3) is 1.84. The molecule has 4 heteroatoms. The summed E-state index contributed by atoms with van der Waals surface area (Å²) in [6, 6.07) is 5.83. The summed E-state index contributed by atoms with van der Waals surface area (Å²) in [5.41, 5.74) is 3.39. The number of methoxy groups -OCH3 is 1. The second kappa shape index (κ2) is 4.23. The molecule has 0 bridgehead atoms. The number of anilines is 1. The molecule has 0 fully saturated rings. The Kier molecular flexibility index (Phi) is 3.25. The standard InChI is InChI=1S/C8H12N2OS/c1-11-8-4-3-6(12-2)5-7(8)10-9/h3-5,10H,9H2,1-2H3. The molecule has 0 saturated heterocycles. The van der Waals surface area contributed by atoms with Crippen LogP contribution in [0.2, 0.25) is 0 Å². The van der Waals surface area contributed by atoms with E-state index in [2.05, 4.69) is 5.43 Å². The molecule has 0 amide bonds. The van der Waals surface area contributed by atoms with Gasteiger partial charge in [-0.3, -0.25) is 5.84 Å². The van der Waals surface area contributed by atoms with Crippen LogP contribution in [0.5, 0.6) is 5.75 Å².